The van der Waals surface area contributed by atoms with Crippen LogP contribution < -0.4 is 4.90 Å². The van der Waals surface area contributed by atoms with Crippen molar-refractivity contribution in [2.45, 2.75) is 19.4 Å². The summed E-state index contributed by atoms with van der Waals surface area (Å²) >= 11 is 5.78. The molecule has 1 aliphatic heterocycles. The molecular formula is C12H15ClN2O3. The number of hydrogen-bond acceptors (Lipinski definition) is 4. The van der Waals surface area contributed by atoms with Gasteiger partial charge in [0.25, 0.3) is 0 Å². The van der Waals surface area contributed by atoms with Crippen molar-refractivity contribution < 1.29 is 15.0 Å². The zero-order chi connectivity index (χ0) is 13.3. The Labute approximate surface area is 110 Å². The second-order valence-electron chi connectivity index (χ2n) is 4.61. The third-order valence-corrected chi connectivity index (χ3v) is 3.56. The maximum Gasteiger partial charge on any atom is 0.337 e. The number of nitrogens with zero attached hydrogens (tertiary/aromatic N) is 2. The average Bonchev–Trinajstić information content (AvgIpc) is 2.33. The molecule has 1 fully saturated rings. The summed E-state index contributed by atoms with van der Waals surface area (Å²) in [6.07, 6.45) is 1.72. The maximum absolute atomic E-state index is 11.0. The van der Waals surface area contributed by atoms with E-state index in [1.54, 1.807) is 0 Å². The number of pyridine rings is 1. The van der Waals surface area contributed by atoms with Crippen LogP contribution in [0.5, 0.6) is 0 Å². The van der Waals surface area contributed by atoms with Crippen LogP contribution in [0.2, 0.25) is 5.02 Å². The number of aromatic nitrogens is 1. The van der Waals surface area contributed by atoms with Crippen LogP contribution in [0.4, 0.5) is 5.82 Å². The molecule has 18 heavy (non-hydrogen) atoms. The summed E-state index contributed by atoms with van der Waals surface area (Å²) in [5.74, 6) is -0.325. The fourth-order valence-corrected chi connectivity index (χ4v) is 2.29. The van der Waals surface area contributed by atoms with Gasteiger partial charge in [-0.2, -0.15) is 0 Å². The number of carboxylic acids is 1. The van der Waals surface area contributed by atoms with E-state index in [-0.39, 0.29) is 22.6 Å². The van der Waals surface area contributed by atoms with E-state index < -0.39 is 5.97 Å². The minimum Gasteiger partial charge on any atom is -0.478 e. The van der Waals surface area contributed by atoms with Crippen molar-refractivity contribution >= 4 is 23.4 Å². The lowest BCUT2D eigenvalue weighted by Crippen LogP contribution is -2.42. The summed E-state index contributed by atoms with van der Waals surface area (Å²) in [6.45, 7) is 3.29. The Bertz CT molecular complexity index is 467. The van der Waals surface area contributed by atoms with Crippen molar-refractivity contribution in [3.63, 3.8) is 0 Å². The number of aliphatic hydroxyl groups excluding tert-OH is 1. The zero-order valence-electron chi connectivity index (χ0n) is 10.0. The quantitative estimate of drug-likeness (QED) is 0.855. The van der Waals surface area contributed by atoms with Gasteiger partial charge in [0, 0.05) is 19.3 Å². The molecule has 1 aliphatic rings. The van der Waals surface area contributed by atoms with Crippen LogP contribution in [-0.4, -0.2) is 40.4 Å². The Balaban J connectivity index is 2.24. The molecule has 1 saturated heterocycles. The standard InChI is InChI=1S/C12H15ClN2O3/c1-7-6-15(3-2-10(7)16)11-4-8(12(17)18)9(13)5-14-11/h4-5,7,10,16H,2-3,6H2,1H3,(H,17,18). The molecule has 2 N–H and O–H groups in total. The highest BCUT2D eigenvalue weighted by atomic mass is 35.5. The van der Waals surface area contributed by atoms with Gasteiger partial charge in [-0.1, -0.05) is 18.5 Å². The van der Waals surface area contributed by atoms with Crippen molar-refractivity contribution in [1.29, 1.82) is 0 Å². The van der Waals surface area contributed by atoms with Gasteiger partial charge >= 0.3 is 5.97 Å². The van der Waals surface area contributed by atoms with Gasteiger partial charge in [0.05, 0.1) is 16.7 Å². The second-order valence-corrected chi connectivity index (χ2v) is 5.01. The minimum atomic E-state index is -1.06. The van der Waals surface area contributed by atoms with Gasteiger partial charge in [0.2, 0.25) is 0 Å². The fourth-order valence-electron chi connectivity index (χ4n) is 2.11. The predicted molar refractivity (Wildman–Crippen MR) is 68.2 cm³/mol. The molecule has 0 spiro atoms. The lowest BCUT2D eigenvalue weighted by molar-refractivity contribution is 0.0696. The number of carboxylic acid groups (broad SMARTS) is 1. The summed E-state index contributed by atoms with van der Waals surface area (Å²) in [5, 5.41) is 18.8. The zero-order valence-corrected chi connectivity index (χ0v) is 10.8. The van der Waals surface area contributed by atoms with Crippen LogP contribution in [-0.2, 0) is 0 Å². The number of anilines is 1. The van der Waals surface area contributed by atoms with E-state index in [2.05, 4.69) is 4.98 Å². The largest absolute Gasteiger partial charge is 0.478 e. The normalized spacial score (nSPS) is 24.1. The first-order valence-electron chi connectivity index (χ1n) is 5.81. The smallest absolute Gasteiger partial charge is 0.337 e. The number of piperidine rings is 1. The molecule has 1 aromatic heterocycles. The van der Waals surface area contributed by atoms with E-state index in [1.807, 2.05) is 11.8 Å². The van der Waals surface area contributed by atoms with Crippen LogP contribution in [0.25, 0.3) is 0 Å². The number of rotatable bonds is 2. The highest BCUT2D eigenvalue weighted by Gasteiger charge is 2.25. The summed E-state index contributed by atoms with van der Waals surface area (Å²) < 4.78 is 0. The highest BCUT2D eigenvalue weighted by molar-refractivity contribution is 6.33. The molecule has 2 atom stereocenters. The van der Waals surface area contributed by atoms with Crippen molar-refractivity contribution in [2.75, 3.05) is 18.0 Å². The lowest BCUT2D eigenvalue weighted by Gasteiger charge is -2.35. The van der Waals surface area contributed by atoms with Gasteiger partial charge in [0.15, 0.2) is 0 Å². The topological polar surface area (TPSA) is 73.7 Å². The van der Waals surface area contributed by atoms with Gasteiger partial charge < -0.3 is 15.1 Å². The summed E-state index contributed by atoms with van der Waals surface area (Å²) in [6, 6.07) is 1.48. The van der Waals surface area contributed by atoms with Crippen LogP contribution in [0, 0.1) is 5.92 Å². The number of aromatic carboxylic acids is 1. The molecule has 5 nitrogen and oxygen atoms in total. The fraction of sp³-hybridized carbons (Fsp3) is 0.500. The van der Waals surface area contributed by atoms with Crippen LogP contribution in [0.3, 0.4) is 0 Å². The SMILES string of the molecule is CC1CN(c2cc(C(=O)O)c(Cl)cn2)CCC1O. The number of carbonyl (C=O) groups is 1. The lowest BCUT2D eigenvalue weighted by atomic mass is 9.97. The summed E-state index contributed by atoms with van der Waals surface area (Å²) in [7, 11) is 0. The predicted octanol–water partition coefficient (Wildman–Crippen LogP) is 1.64. The monoisotopic (exact) mass is 270 g/mol. The maximum atomic E-state index is 11.0. The molecule has 0 aliphatic carbocycles. The van der Waals surface area contributed by atoms with E-state index >= 15 is 0 Å². The molecule has 0 bridgehead atoms. The molecule has 0 radical (unpaired) electrons. The van der Waals surface area contributed by atoms with Gasteiger partial charge in [-0.25, -0.2) is 9.78 Å². The Hall–Kier alpha value is -1.33. The molecule has 2 heterocycles. The van der Waals surface area contributed by atoms with Crippen molar-refractivity contribution in [2.24, 2.45) is 5.92 Å². The Morgan fingerprint density at radius 3 is 2.94 bits per heavy atom. The van der Waals surface area contributed by atoms with Crippen molar-refractivity contribution in [1.82, 2.24) is 4.98 Å². The van der Waals surface area contributed by atoms with Crippen LogP contribution in [0.1, 0.15) is 23.7 Å². The molecule has 1 aromatic rings. The Morgan fingerprint density at radius 2 is 2.33 bits per heavy atom. The van der Waals surface area contributed by atoms with E-state index in [9.17, 15) is 9.90 Å². The third-order valence-electron chi connectivity index (χ3n) is 3.26. The molecule has 98 valence electrons. The number of aliphatic hydroxyl groups is 1. The third kappa shape index (κ3) is 2.57. The number of hydrogen-bond donors (Lipinski definition) is 2. The van der Waals surface area contributed by atoms with E-state index in [0.717, 1.165) is 0 Å². The molecular weight excluding hydrogens is 256 g/mol. The number of halogens is 1. The second kappa shape index (κ2) is 5.12. The van der Waals surface area contributed by atoms with Crippen LogP contribution in [0.15, 0.2) is 12.3 Å². The molecule has 0 saturated carbocycles. The van der Waals surface area contributed by atoms with E-state index in [4.69, 9.17) is 16.7 Å². The van der Waals surface area contributed by atoms with Crippen molar-refractivity contribution in [3.8, 4) is 0 Å². The van der Waals surface area contributed by atoms with Crippen LogP contribution >= 0.6 is 11.6 Å². The Morgan fingerprint density at radius 1 is 1.61 bits per heavy atom. The molecule has 0 aromatic carbocycles. The van der Waals surface area contributed by atoms with Crippen molar-refractivity contribution in [3.05, 3.63) is 22.8 Å². The van der Waals surface area contributed by atoms with Gasteiger partial charge in [-0.3, -0.25) is 0 Å². The Kier molecular flexibility index (Phi) is 3.73. The molecule has 6 heteroatoms. The highest BCUT2D eigenvalue weighted by Crippen LogP contribution is 2.25. The first-order chi connectivity index (χ1) is 8.49. The van der Waals surface area contributed by atoms with Gasteiger partial charge in [-0.15, -0.1) is 0 Å². The minimum absolute atomic E-state index is 0.0560. The van der Waals surface area contributed by atoms with E-state index in [1.165, 1.54) is 12.3 Å². The summed E-state index contributed by atoms with van der Waals surface area (Å²) in [4.78, 5) is 17.1. The van der Waals surface area contributed by atoms with Gasteiger partial charge in [0.1, 0.15) is 5.82 Å². The van der Waals surface area contributed by atoms with Gasteiger partial charge in [-0.05, 0) is 18.4 Å². The van der Waals surface area contributed by atoms with E-state index in [0.29, 0.717) is 25.3 Å². The molecule has 2 rings (SSSR count). The molecule has 0 amide bonds. The average molecular weight is 271 g/mol. The first kappa shape index (κ1) is 13.1. The summed E-state index contributed by atoms with van der Waals surface area (Å²) in [5.41, 5.74) is 0.0560. The molecule has 2 unspecified atom stereocenters. The first-order valence-corrected chi connectivity index (χ1v) is 6.18.